The van der Waals surface area contributed by atoms with E-state index in [9.17, 15) is 9.59 Å². The summed E-state index contributed by atoms with van der Waals surface area (Å²) < 4.78 is 0. The van der Waals surface area contributed by atoms with Crippen LogP contribution in [0, 0.1) is 0 Å². The quantitative estimate of drug-likeness (QED) is 0.524. The van der Waals surface area contributed by atoms with Crippen molar-refractivity contribution >= 4 is 40.8 Å². The van der Waals surface area contributed by atoms with Gasteiger partial charge in [-0.1, -0.05) is 37.1 Å². The third-order valence-electron chi connectivity index (χ3n) is 6.48. The highest BCUT2D eigenvalue weighted by Crippen LogP contribution is 2.38. The first-order valence-corrected chi connectivity index (χ1v) is 12.0. The molecule has 2 N–H and O–H groups in total. The van der Waals surface area contributed by atoms with Crippen LogP contribution >= 0.6 is 0 Å². The number of hydrogen-bond acceptors (Lipinski definition) is 6. The van der Waals surface area contributed by atoms with Gasteiger partial charge in [0.15, 0.2) is 5.82 Å². The van der Waals surface area contributed by atoms with Crippen LogP contribution in [0.15, 0.2) is 60.8 Å². The molecule has 5 rings (SSSR count). The predicted octanol–water partition coefficient (Wildman–Crippen LogP) is 5.03. The van der Waals surface area contributed by atoms with Crippen LogP contribution in [0.25, 0.3) is 0 Å². The number of carbonyl (C=O) groups excluding carboxylic acids is 2. The van der Waals surface area contributed by atoms with Gasteiger partial charge in [0.2, 0.25) is 5.95 Å². The number of nitrogens with one attached hydrogen (secondary N) is 2. The first kappa shape index (κ1) is 22.6. The Labute approximate surface area is 204 Å². The van der Waals surface area contributed by atoms with Crippen LogP contribution in [-0.2, 0) is 0 Å². The molecule has 1 aliphatic carbocycles. The first-order valence-electron chi connectivity index (χ1n) is 12.0. The van der Waals surface area contributed by atoms with Crippen molar-refractivity contribution in [2.24, 2.45) is 0 Å². The minimum atomic E-state index is -0.174. The van der Waals surface area contributed by atoms with Crippen LogP contribution in [0.2, 0.25) is 0 Å². The lowest BCUT2D eigenvalue weighted by molar-refractivity contribution is 0.102. The maximum absolute atomic E-state index is 13.0. The zero-order valence-electron chi connectivity index (χ0n) is 19.9. The molecule has 3 aromatic rings. The molecule has 0 saturated heterocycles. The van der Waals surface area contributed by atoms with Crippen LogP contribution in [0.4, 0.5) is 33.6 Å². The van der Waals surface area contributed by atoms with E-state index < -0.39 is 0 Å². The van der Waals surface area contributed by atoms with E-state index in [0.29, 0.717) is 29.4 Å². The van der Waals surface area contributed by atoms with E-state index in [-0.39, 0.29) is 18.0 Å². The molecular formula is C26H29N7O2. The first-order chi connectivity index (χ1) is 17.0. The Hall–Kier alpha value is -4.14. The largest absolute Gasteiger partial charge is 0.343 e. The number of hydrazine groups is 1. The smallest absolute Gasteiger partial charge is 0.324 e. The van der Waals surface area contributed by atoms with Crippen LogP contribution in [0.5, 0.6) is 0 Å². The molecule has 35 heavy (non-hydrogen) atoms. The Morgan fingerprint density at radius 3 is 2.54 bits per heavy atom. The van der Waals surface area contributed by atoms with Gasteiger partial charge in [0.1, 0.15) is 5.69 Å². The molecule has 1 fully saturated rings. The van der Waals surface area contributed by atoms with Crippen molar-refractivity contribution in [2.75, 3.05) is 34.1 Å². The summed E-state index contributed by atoms with van der Waals surface area (Å²) in [5.74, 6) is 0.983. The fourth-order valence-electron chi connectivity index (χ4n) is 4.72. The van der Waals surface area contributed by atoms with Crippen LogP contribution < -0.4 is 20.5 Å². The standard InChI is InChI=1S/C26H29N7O2/c1-3-32-26(35)31(2)22-17-27-25(30-23(22)33(32)21-14-7-8-15-21)29-20-13-9-12-19(16-20)28-24(34)18-10-5-4-6-11-18/h4-6,9-13,16-17,21H,3,7-8,14-15H2,1-2H3,(H,28,34)(H,27,29,30). The molecule has 2 heterocycles. The minimum Gasteiger partial charge on any atom is -0.324 e. The fraction of sp³-hybridized carbons (Fsp3) is 0.308. The van der Waals surface area contributed by atoms with Crippen molar-refractivity contribution in [1.29, 1.82) is 0 Å². The van der Waals surface area contributed by atoms with Gasteiger partial charge in [-0.15, -0.1) is 0 Å². The molecule has 1 aromatic heterocycles. The Kier molecular flexibility index (Phi) is 6.22. The van der Waals surface area contributed by atoms with Crippen LogP contribution in [0.3, 0.4) is 0 Å². The summed E-state index contributed by atoms with van der Waals surface area (Å²) in [6.07, 6.45) is 6.05. The molecular weight excluding hydrogens is 442 g/mol. The number of urea groups is 1. The van der Waals surface area contributed by atoms with E-state index in [1.165, 1.54) is 0 Å². The number of aromatic nitrogens is 2. The SMILES string of the molecule is CCN1C(=O)N(C)c2cnc(Nc3cccc(NC(=O)c4ccccc4)c3)nc2N1C1CCCC1. The lowest BCUT2D eigenvalue weighted by Crippen LogP contribution is -2.59. The lowest BCUT2D eigenvalue weighted by Gasteiger charge is -2.45. The molecule has 1 saturated carbocycles. The summed E-state index contributed by atoms with van der Waals surface area (Å²) in [6, 6.07) is 16.7. The highest BCUT2D eigenvalue weighted by atomic mass is 16.2. The number of anilines is 5. The van der Waals surface area contributed by atoms with Gasteiger partial charge < -0.3 is 10.6 Å². The molecule has 0 spiro atoms. The molecule has 0 radical (unpaired) electrons. The molecule has 1 aliphatic heterocycles. The predicted molar refractivity (Wildman–Crippen MR) is 137 cm³/mol. The molecule has 2 aromatic carbocycles. The van der Waals surface area contributed by atoms with Gasteiger partial charge in [-0.25, -0.2) is 14.8 Å². The highest BCUT2D eigenvalue weighted by molar-refractivity contribution is 6.04. The van der Waals surface area contributed by atoms with E-state index in [4.69, 9.17) is 4.98 Å². The fourth-order valence-corrected chi connectivity index (χ4v) is 4.72. The molecule has 2 aliphatic rings. The second-order valence-corrected chi connectivity index (χ2v) is 8.77. The molecule has 9 heteroatoms. The molecule has 0 bridgehead atoms. The Morgan fingerprint density at radius 1 is 1.06 bits per heavy atom. The third-order valence-corrected chi connectivity index (χ3v) is 6.48. The van der Waals surface area contributed by atoms with Gasteiger partial charge >= 0.3 is 6.03 Å². The van der Waals surface area contributed by atoms with Gasteiger partial charge in [0.25, 0.3) is 5.91 Å². The summed E-state index contributed by atoms with van der Waals surface area (Å²) >= 11 is 0. The van der Waals surface area contributed by atoms with Crippen LogP contribution in [-0.4, -0.2) is 46.5 Å². The summed E-state index contributed by atoms with van der Waals surface area (Å²) in [5, 5.41) is 10.0. The van der Waals surface area contributed by atoms with Crippen molar-refractivity contribution in [2.45, 2.75) is 38.6 Å². The lowest BCUT2D eigenvalue weighted by atomic mass is 10.2. The maximum Gasteiger partial charge on any atom is 0.343 e. The number of amides is 3. The number of nitrogens with zero attached hydrogens (tertiary/aromatic N) is 5. The summed E-state index contributed by atoms with van der Waals surface area (Å²) in [5.41, 5.74) is 2.70. The summed E-state index contributed by atoms with van der Waals surface area (Å²) in [6.45, 7) is 2.54. The molecule has 180 valence electrons. The zero-order valence-corrected chi connectivity index (χ0v) is 19.9. The zero-order chi connectivity index (χ0) is 24.4. The van der Waals surface area contributed by atoms with E-state index in [1.807, 2.05) is 49.4 Å². The highest BCUT2D eigenvalue weighted by Gasteiger charge is 2.39. The Balaban J connectivity index is 1.40. The monoisotopic (exact) mass is 471 g/mol. The third kappa shape index (κ3) is 4.49. The van der Waals surface area contributed by atoms with E-state index >= 15 is 0 Å². The van der Waals surface area contributed by atoms with Gasteiger partial charge in [-0.3, -0.25) is 14.7 Å². The van der Waals surface area contributed by atoms with Crippen LogP contribution in [0.1, 0.15) is 43.0 Å². The average molecular weight is 472 g/mol. The van der Waals surface area contributed by atoms with Crippen molar-refractivity contribution in [1.82, 2.24) is 15.0 Å². The second kappa shape index (κ2) is 9.61. The second-order valence-electron chi connectivity index (χ2n) is 8.77. The molecule has 9 nitrogen and oxygen atoms in total. The van der Waals surface area contributed by atoms with Gasteiger partial charge in [-0.2, -0.15) is 4.98 Å². The van der Waals surface area contributed by atoms with E-state index in [2.05, 4.69) is 20.6 Å². The van der Waals surface area contributed by atoms with Crippen molar-refractivity contribution in [3.8, 4) is 0 Å². The van der Waals surface area contributed by atoms with Crippen molar-refractivity contribution in [3.05, 3.63) is 66.4 Å². The van der Waals surface area contributed by atoms with E-state index in [1.54, 1.807) is 35.3 Å². The number of rotatable bonds is 6. The maximum atomic E-state index is 13.0. The van der Waals surface area contributed by atoms with Crippen molar-refractivity contribution in [3.63, 3.8) is 0 Å². The topological polar surface area (TPSA) is 93.7 Å². The Morgan fingerprint density at radius 2 is 1.80 bits per heavy atom. The average Bonchev–Trinajstić information content (AvgIpc) is 3.41. The van der Waals surface area contributed by atoms with Gasteiger partial charge in [0.05, 0.1) is 12.2 Å². The number of hydrogen-bond donors (Lipinski definition) is 2. The number of fused-ring (bicyclic) bond motifs is 1. The van der Waals surface area contributed by atoms with Gasteiger partial charge in [0, 0.05) is 30.5 Å². The van der Waals surface area contributed by atoms with E-state index in [0.717, 1.165) is 37.2 Å². The minimum absolute atomic E-state index is 0.0712. The summed E-state index contributed by atoms with van der Waals surface area (Å²) in [7, 11) is 1.76. The molecule has 3 amide bonds. The Bertz CT molecular complexity index is 1230. The number of benzene rings is 2. The summed E-state index contributed by atoms with van der Waals surface area (Å²) in [4.78, 5) is 36.4. The normalized spacial score (nSPS) is 15.8. The number of carbonyl (C=O) groups is 2. The molecule has 0 atom stereocenters. The van der Waals surface area contributed by atoms with Gasteiger partial charge in [-0.05, 0) is 50.1 Å². The van der Waals surface area contributed by atoms with Crippen molar-refractivity contribution < 1.29 is 9.59 Å². The molecule has 0 unspecified atom stereocenters.